The van der Waals surface area contributed by atoms with E-state index in [0.29, 0.717) is 29.5 Å². The maximum Gasteiger partial charge on any atom is 0.150 e. The molecular formula is C17H12ClFN2O. The van der Waals surface area contributed by atoms with E-state index in [4.69, 9.17) is 16.3 Å². The molecule has 0 aliphatic heterocycles. The number of methoxy groups -OCH3 is 1. The van der Waals surface area contributed by atoms with Gasteiger partial charge in [0.1, 0.15) is 17.0 Å². The Morgan fingerprint density at radius 1 is 1.32 bits per heavy atom. The molecule has 22 heavy (non-hydrogen) atoms. The molecule has 0 amide bonds. The van der Waals surface area contributed by atoms with Gasteiger partial charge in [-0.2, -0.15) is 5.26 Å². The number of allylic oxidation sites excluding steroid dienone is 1. The van der Waals surface area contributed by atoms with Crippen LogP contribution in [0.25, 0.3) is 17.2 Å². The Kier molecular flexibility index (Phi) is 3.82. The summed E-state index contributed by atoms with van der Waals surface area (Å²) in [5.41, 5.74) is 2.45. The molecule has 0 unspecified atom stereocenters. The maximum atomic E-state index is 14.2. The van der Waals surface area contributed by atoms with Crippen molar-refractivity contribution in [1.29, 1.82) is 5.26 Å². The van der Waals surface area contributed by atoms with Crippen LogP contribution in [0.1, 0.15) is 23.2 Å². The maximum absolute atomic E-state index is 14.2. The van der Waals surface area contributed by atoms with Crippen LogP contribution in [0.15, 0.2) is 30.0 Å². The van der Waals surface area contributed by atoms with E-state index in [2.05, 4.69) is 4.98 Å². The number of rotatable bonds is 2. The molecule has 0 saturated carbocycles. The van der Waals surface area contributed by atoms with Gasteiger partial charge in [0.05, 0.1) is 12.9 Å². The summed E-state index contributed by atoms with van der Waals surface area (Å²) in [5, 5.41) is 9.66. The highest BCUT2D eigenvalue weighted by atomic mass is 35.5. The zero-order valence-corrected chi connectivity index (χ0v) is 12.6. The van der Waals surface area contributed by atoms with Crippen LogP contribution in [0.4, 0.5) is 4.39 Å². The highest BCUT2D eigenvalue weighted by Gasteiger charge is 2.24. The fourth-order valence-corrected chi connectivity index (χ4v) is 2.95. The van der Waals surface area contributed by atoms with E-state index in [0.717, 1.165) is 11.3 Å². The topological polar surface area (TPSA) is 45.9 Å². The molecule has 0 fully saturated rings. The molecule has 0 radical (unpaired) electrons. The summed E-state index contributed by atoms with van der Waals surface area (Å²) in [5.74, 6) is 0.375. The van der Waals surface area contributed by atoms with Gasteiger partial charge in [-0.25, -0.2) is 9.37 Å². The third kappa shape index (κ3) is 2.34. The van der Waals surface area contributed by atoms with Crippen LogP contribution in [0.3, 0.4) is 0 Å². The van der Waals surface area contributed by atoms with Gasteiger partial charge in [-0.05, 0) is 29.7 Å². The minimum atomic E-state index is -0.400. The predicted molar refractivity (Wildman–Crippen MR) is 82.7 cm³/mol. The van der Waals surface area contributed by atoms with Crippen molar-refractivity contribution >= 4 is 17.7 Å². The zero-order valence-electron chi connectivity index (χ0n) is 11.9. The van der Waals surface area contributed by atoms with Gasteiger partial charge in [-0.15, -0.1) is 0 Å². The van der Waals surface area contributed by atoms with Crippen LogP contribution in [-0.4, -0.2) is 12.1 Å². The molecule has 1 heterocycles. The van der Waals surface area contributed by atoms with Crippen molar-refractivity contribution in [3.8, 4) is 17.2 Å². The number of halogens is 2. The Labute approximate surface area is 132 Å². The summed E-state index contributed by atoms with van der Waals surface area (Å²) in [6.07, 6.45) is 3.16. The Bertz CT molecular complexity index is 824. The normalized spacial score (nSPS) is 13.1. The van der Waals surface area contributed by atoms with Gasteiger partial charge in [0.25, 0.3) is 0 Å². The highest BCUT2D eigenvalue weighted by Crippen LogP contribution is 2.38. The van der Waals surface area contributed by atoms with Gasteiger partial charge in [0.15, 0.2) is 5.69 Å². The number of nitriles is 1. The van der Waals surface area contributed by atoms with Crippen LogP contribution < -0.4 is 0 Å². The molecule has 1 aromatic carbocycles. The SMILES string of the molecule is COC1=Cc2c(c(Cl)nc(C#N)c2-c2ccccc2F)CC1. The van der Waals surface area contributed by atoms with Crippen molar-refractivity contribution in [3.63, 3.8) is 0 Å². The van der Waals surface area contributed by atoms with E-state index in [9.17, 15) is 9.65 Å². The van der Waals surface area contributed by atoms with E-state index >= 15 is 0 Å². The molecule has 1 aliphatic rings. The summed E-state index contributed by atoms with van der Waals surface area (Å²) in [6.45, 7) is 0. The first-order chi connectivity index (χ1) is 10.7. The molecule has 5 heteroatoms. The fourth-order valence-electron chi connectivity index (χ4n) is 2.67. The summed E-state index contributed by atoms with van der Waals surface area (Å²) >= 11 is 6.19. The van der Waals surface area contributed by atoms with Crippen molar-refractivity contribution in [2.75, 3.05) is 7.11 Å². The molecular weight excluding hydrogens is 303 g/mol. The first-order valence-electron chi connectivity index (χ1n) is 6.77. The van der Waals surface area contributed by atoms with Gasteiger partial charge < -0.3 is 4.74 Å². The van der Waals surface area contributed by atoms with Crippen molar-refractivity contribution in [1.82, 2.24) is 4.98 Å². The van der Waals surface area contributed by atoms with Crippen molar-refractivity contribution in [3.05, 3.63) is 57.8 Å². The smallest absolute Gasteiger partial charge is 0.150 e. The average Bonchev–Trinajstić information content (AvgIpc) is 2.55. The van der Waals surface area contributed by atoms with Crippen LogP contribution in [-0.2, 0) is 11.2 Å². The number of ether oxygens (including phenoxy) is 1. The zero-order chi connectivity index (χ0) is 15.7. The van der Waals surface area contributed by atoms with E-state index in [1.807, 2.05) is 12.1 Å². The molecule has 0 bridgehead atoms. The third-order valence-corrected chi connectivity index (χ3v) is 4.04. The summed E-state index contributed by atoms with van der Waals surface area (Å²) in [4.78, 5) is 4.14. The molecule has 0 spiro atoms. The lowest BCUT2D eigenvalue weighted by atomic mass is 9.89. The second kappa shape index (κ2) is 5.78. The molecule has 110 valence electrons. The summed E-state index contributed by atoms with van der Waals surface area (Å²) in [7, 11) is 1.59. The molecule has 2 aromatic rings. The Balaban J connectivity index is 2.38. The van der Waals surface area contributed by atoms with E-state index < -0.39 is 5.82 Å². The standard InChI is InChI=1S/C17H12ClFN2O/c1-22-10-6-7-11-13(8-10)16(15(9-20)21-17(11)18)12-4-2-3-5-14(12)19/h2-5,8H,6-7H2,1H3. The van der Waals surface area contributed by atoms with Crippen molar-refractivity contribution < 1.29 is 9.13 Å². The lowest BCUT2D eigenvalue weighted by molar-refractivity contribution is 0.280. The number of hydrogen-bond donors (Lipinski definition) is 0. The van der Waals surface area contributed by atoms with Crippen molar-refractivity contribution in [2.24, 2.45) is 0 Å². The van der Waals surface area contributed by atoms with E-state index in [1.165, 1.54) is 6.07 Å². The Morgan fingerprint density at radius 2 is 2.09 bits per heavy atom. The molecule has 1 aromatic heterocycles. The third-order valence-electron chi connectivity index (χ3n) is 3.73. The molecule has 3 rings (SSSR count). The van der Waals surface area contributed by atoms with E-state index in [-0.39, 0.29) is 10.8 Å². The monoisotopic (exact) mass is 314 g/mol. The number of fused-ring (bicyclic) bond motifs is 1. The summed E-state index contributed by atoms with van der Waals surface area (Å²) in [6, 6.07) is 8.35. The minimum Gasteiger partial charge on any atom is -0.501 e. The van der Waals surface area contributed by atoms with Gasteiger partial charge in [0.2, 0.25) is 0 Å². The van der Waals surface area contributed by atoms with Crippen LogP contribution in [0, 0.1) is 17.1 Å². The van der Waals surface area contributed by atoms with Gasteiger partial charge in [-0.1, -0.05) is 29.8 Å². The molecule has 3 nitrogen and oxygen atoms in total. The largest absolute Gasteiger partial charge is 0.501 e. The first-order valence-corrected chi connectivity index (χ1v) is 7.15. The van der Waals surface area contributed by atoms with Crippen LogP contribution in [0.5, 0.6) is 0 Å². The number of hydrogen-bond acceptors (Lipinski definition) is 3. The van der Waals surface area contributed by atoms with Gasteiger partial charge >= 0.3 is 0 Å². The lowest BCUT2D eigenvalue weighted by Crippen LogP contribution is -2.07. The molecule has 1 aliphatic carbocycles. The Hall–Kier alpha value is -2.38. The quantitative estimate of drug-likeness (QED) is 0.774. The highest BCUT2D eigenvalue weighted by molar-refractivity contribution is 6.30. The number of aromatic nitrogens is 1. The number of nitrogens with zero attached hydrogens (tertiary/aromatic N) is 2. The fraction of sp³-hybridized carbons (Fsp3) is 0.176. The molecule has 0 atom stereocenters. The first kappa shape index (κ1) is 14.6. The second-order valence-electron chi connectivity index (χ2n) is 4.92. The molecule has 0 N–H and O–H groups in total. The predicted octanol–water partition coefficient (Wildman–Crippen LogP) is 4.35. The average molecular weight is 315 g/mol. The van der Waals surface area contributed by atoms with Crippen LogP contribution in [0.2, 0.25) is 5.15 Å². The lowest BCUT2D eigenvalue weighted by Gasteiger charge is -2.20. The molecule has 0 saturated heterocycles. The van der Waals surface area contributed by atoms with Crippen molar-refractivity contribution in [2.45, 2.75) is 12.8 Å². The minimum absolute atomic E-state index is 0.113. The van der Waals surface area contributed by atoms with Gasteiger partial charge in [0, 0.05) is 17.5 Å². The number of pyridine rings is 1. The van der Waals surface area contributed by atoms with Crippen LogP contribution >= 0.6 is 11.6 Å². The second-order valence-corrected chi connectivity index (χ2v) is 5.28. The van der Waals surface area contributed by atoms with Gasteiger partial charge in [-0.3, -0.25) is 0 Å². The van der Waals surface area contributed by atoms with E-state index in [1.54, 1.807) is 25.3 Å². The summed E-state index contributed by atoms with van der Waals surface area (Å²) < 4.78 is 19.5. The number of benzene rings is 1. The Morgan fingerprint density at radius 3 is 2.77 bits per heavy atom.